The Balaban J connectivity index is 1.81. The number of carbonyl (C=O) groups is 1. The molecular formula is C23H15N3OS. The number of para-hydroxylation sites is 1. The second-order valence-electron chi connectivity index (χ2n) is 6.06. The number of aromatic nitrogens is 2. The fourth-order valence-electron chi connectivity index (χ4n) is 2.86. The predicted molar refractivity (Wildman–Crippen MR) is 111 cm³/mol. The lowest BCUT2D eigenvalue weighted by atomic mass is 10.0. The van der Waals surface area contributed by atoms with Crippen molar-refractivity contribution in [2.45, 2.75) is 0 Å². The van der Waals surface area contributed by atoms with Crippen LogP contribution >= 0.6 is 11.3 Å². The number of hydrogen-bond donors (Lipinski definition) is 0. The summed E-state index contributed by atoms with van der Waals surface area (Å²) in [5.74, 6) is -0.298. The molecule has 0 N–H and O–H groups in total. The maximum Gasteiger partial charge on any atom is 0.203 e. The summed E-state index contributed by atoms with van der Waals surface area (Å²) < 4.78 is 1.77. The number of nitrogens with zero attached hydrogens (tertiary/aromatic N) is 3. The largest absolute Gasteiger partial charge is 0.288 e. The standard InChI is InChI=1S/C23H15N3OS/c24-15-18(23(27)17-8-3-1-4-9-17)14-19-16-26(20-10-5-2-6-11-20)25-22(19)21-12-7-13-28-21/h1-14,16H/b18-14+. The highest BCUT2D eigenvalue weighted by Crippen LogP contribution is 2.29. The van der Waals surface area contributed by atoms with Gasteiger partial charge in [-0.15, -0.1) is 11.3 Å². The first-order valence-corrected chi connectivity index (χ1v) is 9.55. The third-order valence-electron chi connectivity index (χ3n) is 4.22. The van der Waals surface area contributed by atoms with Gasteiger partial charge in [0.2, 0.25) is 5.78 Å². The zero-order valence-corrected chi connectivity index (χ0v) is 15.6. The summed E-state index contributed by atoms with van der Waals surface area (Å²) in [6.45, 7) is 0. The molecule has 134 valence electrons. The van der Waals surface area contributed by atoms with E-state index in [0.717, 1.165) is 21.8 Å². The predicted octanol–water partition coefficient (Wildman–Crippen LogP) is 5.39. The van der Waals surface area contributed by atoms with Crippen molar-refractivity contribution in [3.05, 3.63) is 101 Å². The highest BCUT2D eigenvalue weighted by Gasteiger charge is 2.16. The first-order chi connectivity index (χ1) is 13.8. The van der Waals surface area contributed by atoms with Crippen molar-refractivity contribution in [1.82, 2.24) is 9.78 Å². The van der Waals surface area contributed by atoms with Crippen LogP contribution in [0.4, 0.5) is 0 Å². The first-order valence-electron chi connectivity index (χ1n) is 8.67. The van der Waals surface area contributed by atoms with E-state index in [1.165, 1.54) is 0 Å². The van der Waals surface area contributed by atoms with Gasteiger partial charge < -0.3 is 0 Å². The van der Waals surface area contributed by atoms with Gasteiger partial charge in [0.1, 0.15) is 17.3 Å². The van der Waals surface area contributed by atoms with Crippen LogP contribution in [0.2, 0.25) is 0 Å². The smallest absolute Gasteiger partial charge is 0.203 e. The highest BCUT2D eigenvalue weighted by molar-refractivity contribution is 7.13. The van der Waals surface area contributed by atoms with Gasteiger partial charge in [-0.1, -0.05) is 54.6 Å². The molecule has 5 heteroatoms. The number of Topliss-reactive ketones (excluding diaryl/α,β-unsaturated/α-hetero) is 1. The molecule has 0 atom stereocenters. The van der Waals surface area contributed by atoms with Crippen LogP contribution in [-0.2, 0) is 0 Å². The van der Waals surface area contributed by atoms with Gasteiger partial charge in [0.15, 0.2) is 0 Å². The van der Waals surface area contributed by atoms with Crippen molar-refractivity contribution in [3.63, 3.8) is 0 Å². The third kappa shape index (κ3) is 3.54. The normalized spacial score (nSPS) is 11.2. The second-order valence-corrected chi connectivity index (χ2v) is 7.00. The Labute approximate surface area is 166 Å². The number of nitriles is 1. The van der Waals surface area contributed by atoms with E-state index in [-0.39, 0.29) is 11.4 Å². The molecule has 0 bridgehead atoms. The molecule has 4 rings (SSSR count). The summed E-state index contributed by atoms with van der Waals surface area (Å²) in [6.07, 6.45) is 3.47. The Hall–Kier alpha value is -3.75. The fourth-order valence-corrected chi connectivity index (χ4v) is 3.59. The van der Waals surface area contributed by atoms with E-state index in [1.54, 1.807) is 46.4 Å². The molecule has 0 amide bonds. The lowest BCUT2D eigenvalue weighted by Crippen LogP contribution is -2.01. The Morgan fingerprint density at radius 3 is 2.36 bits per heavy atom. The molecule has 2 aromatic carbocycles. The zero-order chi connectivity index (χ0) is 19.3. The van der Waals surface area contributed by atoms with Crippen molar-refractivity contribution in [2.24, 2.45) is 0 Å². The minimum Gasteiger partial charge on any atom is -0.288 e. The lowest BCUT2D eigenvalue weighted by molar-refractivity contribution is 0.104. The van der Waals surface area contributed by atoms with Crippen LogP contribution in [0.1, 0.15) is 15.9 Å². The van der Waals surface area contributed by atoms with Gasteiger partial charge in [0, 0.05) is 17.3 Å². The summed E-state index contributed by atoms with van der Waals surface area (Å²) in [6, 6.07) is 24.5. The number of benzene rings is 2. The number of thiophene rings is 1. The van der Waals surface area contributed by atoms with Crippen molar-refractivity contribution in [2.75, 3.05) is 0 Å². The average Bonchev–Trinajstić information content (AvgIpc) is 3.42. The summed E-state index contributed by atoms with van der Waals surface area (Å²) >= 11 is 1.57. The van der Waals surface area contributed by atoms with Crippen LogP contribution in [0.5, 0.6) is 0 Å². The van der Waals surface area contributed by atoms with Crippen molar-refractivity contribution >= 4 is 23.2 Å². The van der Waals surface area contributed by atoms with Crippen molar-refractivity contribution in [1.29, 1.82) is 5.26 Å². The number of rotatable bonds is 5. The van der Waals surface area contributed by atoms with Gasteiger partial charge in [0.25, 0.3) is 0 Å². The van der Waals surface area contributed by atoms with E-state index >= 15 is 0 Å². The molecule has 0 saturated heterocycles. The molecule has 0 aliphatic rings. The second kappa shape index (κ2) is 7.87. The summed E-state index contributed by atoms with van der Waals surface area (Å²) in [7, 11) is 0. The Kier molecular flexibility index (Phi) is 4.96. The van der Waals surface area contributed by atoms with Gasteiger partial charge in [-0.05, 0) is 29.7 Å². The SMILES string of the molecule is N#C/C(=C\c1cn(-c2ccccc2)nc1-c1cccs1)C(=O)c1ccccc1. The highest BCUT2D eigenvalue weighted by atomic mass is 32.1. The molecule has 0 radical (unpaired) electrons. The van der Waals surface area contributed by atoms with Gasteiger partial charge >= 0.3 is 0 Å². The van der Waals surface area contributed by atoms with Crippen molar-refractivity contribution < 1.29 is 4.79 Å². The van der Waals surface area contributed by atoms with Crippen LogP contribution in [0.25, 0.3) is 22.3 Å². The first kappa shape index (κ1) is 17.7. The third-order valence-corrected chi connectivity index (χ3v) is 5.10. The van der Waals surface area contributed by atoms with E-state index < -0.39 is 0 Å². The molecular weight excluding hydrogens is 366 g/mol. The van der Waals surface area contributed by atoms with Crippen LogP contribution in [0, 0.1) is 11.3 Å². The molecule has 2 aromatic heterocycles. The summed E-state index contributed by atoms with van der Waals surface area (Å²) in [5, 5.41) is 16.3. The average molecular weight is 381 g/mol. The van der Waals surface area contributed by atoms with E-state index in [0.29, 0.717) is 5.56 Å². The molecule has 4 nitrogen and oxygen atoms in total. The summed E-state index contributed by atoms with van der Waals surface area (Å²) in [4.78, 5) is 13.7. The maximum atomic E-state index is 12.7. The Morgan fingerprint density at radius 1 is 1.00 bits per heavy atom. The Bertz CT molecular complexity index is 1170. The van der Waals surface area contributed by atoms with E-state index in [2.05, 4.69) is 0 Å². The van der Waals surface area contributed by atoms with Gasteiger partial charge in [-0.3, -0.25) is 4.79 Å². The van der Waals surface area contributed by atoms with Gasteiger partial charge in [0.05, 0.1) is 10.6 Å². The molecule has 0 unspecified atom stereocenters. The van der Waals surface area contributed by atoms with Gasteiger partial charge in [-0.2, -0.15) is 10.4 Å². The van der Waals surface area contributed by atoms with E-state index in [4.69, 9.17) is 5.10 Å². The number of ketones is 1. The number of allylic oxidation sites excluding steroid dienone is 1. The van der Waals surface area contributed by atoms with Crippen LogP contribution < -0.4 is 0 Å². The molecule has 0 spiro atoms. The zero-order valence-electron chi connectivity index (χ0n) is 14.8. The monoisotopic (exact) mass is 381 g/mol. The molecule has 0 saturated carbocycles. The minimum atomic E-state index is -0.298. The number of carbonyl (C=O) groups excluding carboxylic acids is 1. The number of hydrogen-bond acceptors (Lipinski definition) is 4. The quantitative estimate of drug-likeness (QED) is 0.264. The summed E-state index contributed by atoms with van der Waals surface area (Å²) in [5.41, 5.74) is 2.95. The molecule has 2 heterocycles. The van der Waals surface area contributed by atoms with Crippen LogP contribution in [-0.4, -0.2) is 15.6 Å². The molecule has 0 aliphatic heterocycles. The van der Waals surface area contributed by atoms with Gasteiger partial charge in [-0.25, -0.2) is 4.68 Å². The molecule has 0 fully saturated rings. The topological polar surface area (TPSA) is 58.7 Å². The minimum absolute atomic E-state index is 0.0802. The maximum absolute atomic E-state index is 12.7. The van der Waals surface area contributed by atoms with E-state index in [1.807, 2.05) is 66.2 Å². The fraction of sp³-hybridized carbons (Fsp3) is 0. The Morgan fingerprint density at radius 2 is 1.71 bits per heavy atom. The van der Waals surface area contributed by atoms with Crippen LogP contribution in [0.3, 0.4) is 0 Å². The molecule has 28 heavy (non-hydrogen) atoms. The van der Waals surface area contributed by atoms with Crippen LogP contribution in [0.15, 0.2) is 89.9 Å². The lowest BCUT2D eigenvalue weighted by Gasteiger charge is -1.99. The van der Waals surface area contributed by atoms with E-state index in [9.17, 15) is 10.1 Å². The molecule has 4 aromatic rings. The molecule has 0 aliphatic carbocycles. The van der Waals surface area contributed by atoms with Crippen molar-refractivity contribution in [3.8, 4) is 22.3 Å².